The molecule has 0 bridgehead atoms. The Kier molecular flexibility index (Phi) is 8.19. The number of anilines is 3. The molecule has 7 rings (SSSR count). The van der Waals surface area contributed by atoms with E-state index in [0.29, 0.717) is 0 Å². The van der Waals surface area contributed by atoms with Crippen molar-refractivity contribution in [3.63, 3.8) is 0 Å². The number of aryl methyl sites for hydroxylation is 2. The van der Waals surface area contributed by atoms with Crippen LogP contribution in [0.15, 0.2) is 158 Å². The van der Waals surface area contributed by atoms with Crippen LogP contribution < -0.4 is 4.90 Å². The molecule has 0 unspecified atom stereocenters. The summed E-state index contributed by atoms with van der Waals surface area (Å²) in [6, 6.07) is 57.2. The first-order valence-corrected chi connectivity index (χ1v) is 15.8. The molecule has 0 atom stereocenters. The summed E-state index contributed by atoms with van der Waals surface area (Å²) in [6.07, 6.45) is 8.16. The topological polar surface area (TPSA) is 3.24 Å². The van der Waals surface area contributed by atoms with Gasteiger partial charge in [-0.15, -0.1) is 0 Å². The average molecular weight is 568 g/mol. The van der Waals surface area contributed by atoms with Gasteiger partial charge in [0.05, 0.1) is 0 Å². The van der Waals surface area contributed by atoms with Gasteiger partial charge >= 0.3 is 0 Å². The average Bonchev–Trinajstić information content (AvgIpc) is 3.10. The highest BCUT2D eigenvalue weighted by Gasteiger charge is 2.16. The largest absolute Gasteiger partial charge is 0.310 e. The molecule has 44 heavy (non-hydrogen) atoms. The zero-order valence-corrected chi connectivity index (χ0v) is 25.1. The van der Waals surface area contributed by atoms with E-state index < -0.39 is 0 Å². The third-order valence-electron chi connectivity index (χ3n) is 8.67. The van der Waals surface area contributed by atoms with Gasteiger partial charge in [0.2, 0.25) is 0 Å². The minimum Gasteiger partial charge on any atom is -0.310 e. The van der Waals surface area contributed by atoms with Crippen LogP contribution in [0.5, 0.6) is 0 Å². The van der Waals surface area contributed by atoms with Crippen LogP contribution in [0.25, 0.3) is 11.6 Å². The minimum atomic E-state index is 0.937. The Hall–Kier alpha value is -5.14. The molecule has 0 saturated carbocycles. The standard InChI is InChI=1S/C43H37N/c1-4-12-33(13-5-1)30-34-20-25-40(26-21-34)44(42-29-24-36-14-10-11-19-39(36)32-42)41-27-22-35(23-28-41)31-43(37-15-6-2-7-16-37)38-17-8-3-9-18-38/h1-9,12-13,15-18,20-29,31-32H,10-11,14,19,30H2. The second kappa shape index (κ2) is 13.0. The summed E-state index contributed by atoms with van der Waals surface area (Å²) in [5.74, 6) is 0. The van der Waals surface area contributed by atoms with Crippen molar-refractivity contribution in [3.8, 4) is 0 Å². The van der Waals surface area contributed by atoms with Gasteiger partial charge in [-0.05, 0) is 119 Å². The molecule has 0 spiro atoms. The fourth-order valence-electron chi connectivity index (χ4n) is 6.36. The van der Waals surface area contributed by atoms with Gasteiger partial charge in [0.15, 0.2) is 0 Å². The van der Waals surface area contributed by atoms with Crippen molar-refractivity contribution in [2.75, 3.05) is 4.90 Å². The predicted molar refractivity (Wildman–Crippen MR) is 187 cm³/mol. The van der Waals surface area contributed by atoms with Crippen molar-refractivity contribution in [1.29, 1.82) is 0 Å². The highest BCUT2D eigenvalue weighted by molar-refractivity contribution is 5.91. The van der Waals surface area contributed by atoms with Gasteiger partial charge in [0, 0.05) is 17.1 Å². The maximum absolute atomic E-state index is 2.42. The lowest BCUT2D eigenvalue weighted by Crippen LogP contribution is -2.12. The van der Waals surface area contributed by atoms with E-state index in [-0.39, 0.29) is 0 Å². The highest BCUT2D eigenvalue weighted by Crippen LogP contribution is 2.37. The van der Waals surface area contributed by atoms with Crippen LogP contribution in [0, 0.1) is 0 Å². The van der Waals surface area contributed by atoms with Crippen LogP contribution in [-0.2, 0) is 19.3 Å². The number of fused-ring (bicyclic) bond motifs is 1. The molecule has 214 valence electrons. The lowest BCUT2D eigenvalue weighted by molar-refractivity contribution is 0.685. The van der Waals surface area contributed by atoms with E-state index in [4.69, 9.17) is 0 Å². The Morgan fingerprint density at radius 3 is 1.59 bits per heavy atom. The number of rotatable bonds is 8. The summed E-state index contributed by atoms with van der Waals surface area (Å²) >= 11 is 0. The molecule has 0 aromatic heterocycles. The fraction of sp³-hybridized carbons (Fsp3) is 0.116. The fourth-order valence-corrected chi connectivity index (χ4v) is 6.36. The third kappa shape index (κ3) is 6.28. The van der Waals surface area contributed by atoms with Crippen LogP contribution in [0.4, 0.5) is 17.1 Å². The maximum atomic E-state index is 2.42. The van der Waals surface area contributed by atoms with Crippen LogP contribution in [0.3, 0.4) is 0 Å². The molecule has 0 saturated heterocycles. The van der Waals surface area contributed by atoms with Crippen LogP contribution >= 0.6 is 0 Å². The van der Waals surface area contributed by atoms with Crippen molar-refractivity contribution in [3.05, 3.63) is 197 Å². The first-order chi connectivity index (χ1) is 21.8. The Morgan fingerprint density at radius 1 is 0.477 bits per heavy atom. The molecule has 6 aromatic rings. The van der Waals surface area contributed by atoms with Crippen molar-refractivity contribution in [2.24, 2.45) is 0 Å². The summed E-state index contributed by atoms with van der Waals surface area (Å²) < 4.78 is 0. The smallest absolute Gasteiger partial charge is 0.0464 e. The molecule has 0 radical (unpaired) electrons. The monoisotopic (exact) mass is 567 g/mol. The van der Waals surface area contributed by atoms with Gasteiger partial charge in [-0.3, -0.25) is 0 Å². The van der Waals surface area contributed by atoms with Crippen molar-refractivity contribution in [2.45, 2.75) is 32.1 Å². The minimum absolute atomic E-state index is 0.937. The Balaban J connectivity index is 1.25. The summed E-state index contributed by atoms with van der Waals surface area (Å²) in [7, 11) is 0. The van der Waals surface area contributed by atoms with E-state index >= 15 is 0 Å². The molecule has 0 amide bonds. The molecular weight excluding hydrogens is 530 g/mol. The van der Waals surface area contributed by atoms with Crippen LogP contribution in [0.2, 0.25) is 0 Å². The number of benzene rings is 6. The van der Waals surface area contributed by atoms with E-state index in [9.17, 15) is 0 Å². The van der Waals surface area contributed by atoms with Gasteiger partial charge in [0.1, 0.15) is 0 Å². The lowest BCUT2D eigenvalue weighted by Gasteiger charge is -2.27. The molecule has 0 N–H and O–H groups in total. The Bertz CT molecular complexity index is 1790. The Labute approximate surface area is 261 Å². The number of hydrogen-bond donors (Lipinski definition) is 0. The number of nitrogens with zero attached hydrogens (tertiary/aromatic N) is 1. The SMILES string of the molecule is C(=C(c1ccccc1)c1ccccc1)c1ccc(N(c2ccc(Cc3ccccc3)cc2)c2ccc3c(c2)CCCC3)cc1. The summed E-state index contributed by atoms with van der Waals surface area (Å²) in [5, 5.41) is 0. The summed E-state index contributed by atoms with van der Waals surface area (Å²) in [4.78, 5) is 2.41. The molecule has 0 aliphatic heterocycles. The van der Waals surface area contributed by atoms with Gasteiger partial charge < -0.3 is 4.90 Å². The zero-order valence-electron chi connectivity index (χ0n) is 25.1. The molecule has 1 aliphatic carbocycles. The number of hydrogen-bond acceptors (Lipinski definition) is 1. The van der Waals surface area contributed by atoms with E-state index in [1.54, 1.807) is 0 Å². The van der Waals surface area contributed by atoms with Crippen molar-refractivity contribution < 1.29 is 0 Å². The van der Waals surface area contributed by atoms with E-state index in [1.165, 1.54) is 81.6 Å². The third-order valence-corrected chi connectivity index (χ3v) is 8.67. The molecule has 6 aromatic carbocycles. The van der Waals surface area contributed by atoms with Crippen LogP contribution in [0.1, 0.15) is 51.8 Å². The van der Waals surface area contributed by atoms with Crippen LogP contribution in [-0.4, -0.2) is 0 Å². The van der Waals surface area contributed by atoms with Crippen molar-refractivity contribution >= 4 is 28.7 Å². The van der Waals surface area contributed by atoms with Gasteiger partial charge in [-0.1, -0.05) is 121 Å². The second-order valence-electron chi connectivity index (χ2n) is 11.7. The first-order valence-electron chi connectivity index (χ1n) is 15.8. The molecule has 1 nitrogen and oxygen atoms in total. The molecule has 0 heterocycles. The predicted octanol–water partition coefficient (Wildman–Crippen LogP) is 11.2. The Morgan fingerprint density at radius 2 is 0.977 bits per heavy atom. The second-order valence-corrected chi connectivity index (χ2v) is 11.7. The lowest BCUT2D eigenvalue weighted by atomic mass is 9.91. The first kappa shape index (κ1) is 27.7. The van der Waals surface area contributed by atoms with E-state index in [2.05, 4.69) is 169 Å². The van der Waals surface area contributed by atoms with Gasteiger partial charge in [0.25, 0.3) is 0 Å². The molecule has 1 heteroatoms. The molecule has 1 aliphatic rings. The molecule has 0 fully saturated rings. The van der Waals surface area contributed by atoms with Crippen molar-refractivity contribution in [1.82, 2.24) is 0 Å². The zero-order chi connectivity index (χ0) is 29.6. The highest BCUT2D eigenvalue weighted by atomic mass is 15.1. The summed E-state index contributed by atoms with van der Waals surface area (Å²) in [5.41, 5.74) is 14.1. The summed E-state index contributed by atoms with van der Waals surface area (Å²) in [6.45, 7) is 0. The van der Waals surface area contributed by atoms with E-state index in [0.717, 1.165) is 12.1 Å². The van der Waals surface area contributed by atoms with Gasteiger partial charge in [-0.2, -0.15) is 0 Å². The quantitative estimate of drug-likeness (QED) is 0.165. The normalized spacial score (nSPS) is 12.3. The van der Waals surface area contributed by atoms with E-state index in [1.807, 2.05) is 0 Å². The molecular formula is C43H37N. The van der Waals surface area contributed by atoms with Gasteiger partial charge in [-0.25, -0.2) is 0 Å². The maximum Gasteiger partial charge on any atom is 0.0464 e.